The summed E-state index contributed by atoms with van der Waals surface area (Å²) in [6.07, 6.45) is 1.24. The predicted molar refractivity (Wildman–Crippen MR) is 75.8 cm³/mol. The molecule has 0 aromatic carbocycles. The Morgan fingerprint density at radius 2 is 2.05 bits per heavy atom. The van der Waals surface area contributed by atoms with Crippen LogP contribution in [0, 0.1) is 5.92 Å². The number of amides is 2. The molecule has 0 saturated carbocycles. The molecule has 7 heteroatoms. The summed E-state index contributed by atoms with van der Waals surface area (Å²) in [5.74, 6) is -1.86. The number of piperidine rings is 1. The highest BCUT2D eigenvalue weighted by atomic mass is 16.5. The molecule has 1 aliphatic heterocycles. The molecule has 1 N–H and O–H groups in total. The van der Waals surface area contributed by atoms with Crippen LogP contribution in [0.5, 0.6) is 0 Å². The van der Waals surface area contributed by atoms with E-state index in [1.807, 2.05) is 13.8 Å². The second kappa shape index (κ2) is 7.85. The Bertz CT molecular complexity index is 397. The normalized spacial score (nSPS) is 18.5. The molecule has 0 radical (unpaired) electrons. The first kappa shape index (κ1) is 17.3. The van der Waals surface area contributed by atoms with E-state index >= 15 is 0 Å². The fourth-order valence-corrected chi connectivity index (χ4v) is 2.35. The highest BCUT2D eigenvalue weighted by molar-refractivity contribution is 5.82. The van der Waals surface area contributed by atoms with Crippen LogP contribution in [-0.4, -0.2) is 65.2 Å². The van der Waals surface area contributed by atoms with E-state index in [0.29, 0.717) is 19.4 Å². The van der Waals surface area contributed by atoms with Crippen molar-refractivity contribution in [2.45, 2.75) is 39.7 Å². The minimum Gasteiger partial charge on any atom is -0.481 e. The van der Waals surface area contributed by atoms with Crippen LogP contribution in [0.25, 0.3) is 0 Å². The van der Waals surface area contributed by atoms with Crippen LogP contribution in [0.4, 0.5) is 4.79 Å². The van der Waals surface area contributed by atoms with Gasteiger partial charge in [-0.25, -0.2) is 4.79 Å². The molecule has 1 unspecified atom stereocenters. The smallest absolute Gasteiger partial charge is 0.325 e. The Balaban J connectivity index is 2.71. The Kier molecular flexibility index (Phi) is 6.45. The van der Waals surface area contributed by atoms with Crippen LogP contribution in [0.1, 0.15) is 33.6 Å². The highest BCUT2D eigenvalue weighted by Crippen LogP contribution is 2.18. The number of carbonyl (C=O) groups excluding carboxylic acids is 2. The molecule has 0 bridgehead atoms. The third-order valence-electron chi connectivity index (χ3n) is 3.51. The van der Waals surface area contributed by atoms with Gasteiger partial charge in [-0.15, -0.1) is 0 Å². The second-order valence-corrected chi connectivity index (χ2v) is 5.43. The van der Waals surface area contributed by atoms with E-state index in [-0.39, 0.29) is 31.8 Å². The second-order valence-electron chi connectivity index (χ2n) is 5.43. The molecule has 120 valence electrons. The van der Waals surface area contributed by atoms with Crippen molar-refractivity contribution in [3.8, 4) is 0 Å². The maximum Gasteiger partial charge on any atom is 0.325 e. The van der Waals surface area contributed by atoms with Crippen molar-refractivity contribution in [3.05, 3.63) is 0 Å². The summed E-state index contributed by atoms with van der Waals surface area (Å²) < 4.78 is 4.87. The molecule has 2 amide bonds. The number of likely N-dealkylation sites (tertiary alicyclic amines) is 1. The molecule has 0 aliphatic carbocycles. The molecule has 0 aromatic heterocycles. The quantitative estimate of drug-likeness (QED) is 0.770. The van der Waals surface area contributed by atoms with Gasteiger partial charge in [-0.2, -0.15) is 0 Å². The number of nitrogens with zero attached hydrogens (tertiary/aromatic N) is 2. The first-order valence-electron chi connectivity index (χ1n) is 7.30. The number of carbonyl (C=O) groups is 3. The number of esters is 1. The molecule has 1 rings (SSSR count). The molecular formula is C14H24N2O5. The van der Waals surface area contributed by atoms with E-state index in [1.165, 1.54) is 9.80 Å². The van der Waals surface area contributed by atoms with Gasteiger partial charge in [0.2, 0.25) is 0 Å². The van der Waals surface area contributed by atoms with E-state index in [9.17, 15) is 14.4 Å². The average Bonchev–Trinajstić information content (AvgIpc) is 2.44. The van der Waals surface area contributed by atoms with Gasteiger partial charge in [-0.3, -0.25) is 9.59 Å². The number of hydrogen-bond acceptors (Lipinski definition) is 4. The SMILES string of the molecule is CCOC(=O)CN(C(=O)N1CCCC(C(=O)O)C1)C(C)C. The number of carboxylic acid groups (broad SMARTS) is 1. The number of ether oxygens (including phenoxy) is 1. The number of hydrogen-bond donors (Lipinski definition) is 1. The largest absolute Gasteiger partial charge is 0.481 e. The van der Waals surface area contributed by atoms with Gasteiger partial charge in [-0.05, 0) is 33.6 Å². The lowest BCUT2D eigenvalue weighted by Gasteiger charge is -2.36. The molecular weight excluding hydrogens is 276 g/mol. The van der Waals surface area contributed by atoms with Crippen LogP contribution in [0.2, 0.25) is 0 Å². The summed E-state index contributed by atoms with van der Waals surface area (Å²) in [6, 6.07) is -0.462. The lowest BCUT2D eigenvalue weighted by atomic mass is 9.98. The van der Waals surface area contributed by atoms with Crippen molar-refractivity contribution < 1.29 is 24.2 Å². The van der Waals surface area contributed by atoms with E-state index in [2.05, 4.69) is 0 Å². The molecule has 0 spiro atoms. The summed E-state index contributed by atoms with van der Waals surface area (Å²) in [4.78, 5) is 38.1. The molecule has 21 heavy (non-hydrogen) atoms. The highest BCUT2D eigenvalue weighted by Gasteiger charge is 2.32. The van der Waals surface area contributed by atoms with Crippen molar-refractivity contribution in [2.24, 2.45) is 5.92 Å². The van der Waals surface area contributed by atoms with Crippen molar-refractivity contribution in [1.82, 2.24) is 9.80 Å². The molecule has 1 atom stereocenters. The summed E-state index contributed by atoms with van der Waals surface area (Å²) >= 11 is 0. The monoisotopic (exact) mass is 300 g/mol. The number of carboxylic acids is 1. The fraction of sp³-hybridized carbons (Fsp3) is 0.786. The predicted octanol–water partition coefficient (Wildman–Crippen LogP) is 1.18. The van der Waals surface area contributed by atoms with Crippen molar-refractivity contribution >= 4 is 18.0 Å². The Labute approximate surface area is 124 Å². The third-order valence-corrected chi connectivity index (χ3v) is 3.51. The molecule has 0 aromatic rings. The van der Waals surface area contributed by atoms with Gasteiger partial charge in [0, 0.05) is 19.1 Å². The number of aliphatic carboxylic acids is 1. The summed E-state index contributed by atoms with van der Waals surface area (Å²) in [6.45, 7) is 6.21. The molecule has 7 nitrogen and oxygen atoms in total. The van der Waals surface area contributed by atoms with Gasteiger partial charge in [0.25, 0.3) is 0 Å². The van der Waals surface area contributed by atoms with E-state index in [4.69, 9.17) is 9.84 Å². The third kappa shape index (κ3) is 4.91. The number of urea groups is 1. The fourth-order valence-electron chi connectivity index (χ4n) is 2.35. The maximum atomic E-state index is 12.5. The maximum absolute atomic E-state index is 12.5. The molecule has 1 heterocycles. The van der Waals surface area contributed by atoms with Crippen LogP contribution >= 0.6 is 0 Å². The van der Waals surface area contributed by atoms with Crippen molar-refractivity contribution in [2.75, 3.05) is 26.2 Å². The Morgan fingerprint density at radius 1 is 1.38 bits per heavy atom. The van der Waals surface area contributed by atoms with Crippen molar-refractivity contribution in [1.29, 1.82) is 0 Å². The topological polar surface area (TPSA) is 87.2 Å². The minimum atomic E-state index is -0.881. The lowest BCUT2D eigenvalue weighted by Crippen LogP contribution is -2.52. The first-order valence-corrected chi connectivity index (χ1v) is 7.30. The van der Waals surface area contributed by atoms with Gasteiger partial charge in [-0.1, -0.05) is 0 Å². The molecule has 1 fully saturated rings. The lowest BCUT2D eigenvalue weighted by molar-refractivity contribution is -0.145. The zero-order valence-electron chi connectivity index (χ0n) is 12.9. The van der Waals surface area contributed by atoms with Crippen LogP contribution < -0.4 is 0 Å². The molecule has 1 aliphatic rings. The van der Waals surface area contributed by atoms with Gasteiger partial charge in [0.1, 0.15) is 6.54 Å². The van der Waals surface area contributed by atoms with Gasteiger partial charge in [0.15, 0.2) is 0 Å². The minimum absolute atomic E-state index is 0.113. The average molecular weight is 300 g/mol. The first-order chi connectivity index (χ1) is 9.86. The summed E-state index contributed by atoms with van der Waals surface area (Å²) in [7, 11) is 0. The van der Waals surface area contributed by atoms with Crippen molar-refractivity contribution in [3.63, 3.8) is 0 Å². The summed E-state index contributed by atoms with van der Waals surface area (Å²) in [5, 5.41) is 9.08. The Morgan fingerprint density at radius 3 is 2.57 bits per heavy atom. The molecule has 1 saturated heterocycles. The zero-order valence-corrected chi connectivity index (χ0v) is 12.9. The van der Waals surface area contributed by atoms with Crippen LogP contribution in [0.3, 0.4) is 0 Å². The van der Waals surface area contributed by atoms with E-state index in [0.717, 1.165) is 0 Å². The zero-order chi connectivity index (χ0) is 16.0. The Hall–Kier alpha value is -1.79. The van der Waals surface area contributed by atoms with Gasteiger partial charge < -0.3 is 19.6 Å². The summed E-state index contributed by atoms with van der Waals surface area (Å²) in [5.41, 5.74) is 0. The standard InChI is InChI=1S/C14H24N2O5/c1-4-21-12(17)9-16(10(2)3)14(20)15-7-5-6-11(8-15)13(18)19/h10-11H,4-9H2,1-3H3,(H,18,19). The van der Waals surface area contributed by atoms with E-state index in [1.54, 1.807) is 6.92 Å². The van der Waals surface area contributed by atoms with Crippen LogP contribution in [-0.2, 0) is 14.3 Å². The van der Waals surface area contributed by atoms with Gasteiger partial charge in [0.05, 0.1) is 12.5 Å². The van der Waals surface area contributed by atoms with E-state index < -0.39 is 17.9 Å². The van der Waals surface area contributed by atoms with Crippen LogP contribution in [0.15, 0.2) is 0 Å². The van der Waals surface area contributed by atoms with Gasteiger partial charge >= 0.3 is 18.0 Å². The number of rotatable bonds is 5.